The minimum absolute atomic E-state index is 0. The van der Waals surface area contributed by atoms with Gasteiger partial charge in [0.15, 0.2) is 0 Å². The molecular weight excluding hydrogens is 330 g/mol. The number of unbranched alkanes of at least 4 members (excludes halogenated alkanes) is 14. The summed E-state index contributed by atoms with van der Waals surface area (Å²) in [4.78, 5) is 2.16. The monoisotopic (exact) mass is 377 g/mol. The molecule has 1 N–H and O–H groups in total. The number of halogens is 1. The van der Waals surface area contributed by atoms with Crippen molar-refractivity contribution in [2.45, 2.75) is 129 Å². The van der Waals surface area contributed by atoms with Gasteiger partial charge in [0.1, 0.15) is 0 Å². The van der Waals surface area contributed by atoms with Crippen molar-refractivity contribution < 1.29 is 5.11 Å². The first kappa shape index (κ1) is 27.4. The van der Waals surface area contributed by atoms with Gasteiger partial charge < -0.3 is 10.0 Å². The van der Waals surface area contributed by atoms with E-state index in [1.165, 1.54) is 96.3 Å². The van der Waals surface area contributed by atoms with Crippen LogP contribution in [-0.4, -0.2) is 36.2 Å². The van der Waals surface area contributed by atoms with Gasteiger partial charge in [-0.05, 0) is 27.4 Å². The Morgan fingerprint density at radius 2 is 0.960 bits per heavy atom. The molecule has 2 unspecified atom stereocenters. The molecule has 0 aromatic rings. The zero-order valence-electron chi connectivity index (χ0n) is 17.8. The molecule has 0 rings (SSSR count). The van der Waals surface area contributed by atoms with Crippen LogP contribution in [0.4, 0.5) is 0 Å². The predicted octanol–water partition coefficient (Wildman–Crippen LogP) is 6.98. The Labute approximate surface area is 165 Å². The van der Waals surface area contributed by atoms with Crippen molar-refractivity contribution in [3.8, 4) is 0 Å². The van der Waals surface area contributed by atoms with Crippen LogP contribution < -0.4 is 0 Å². The number of likely N-dealkylation sites (N-methyl/N-ethyl adjacent to an activating group) is 1. The molecular formula is C22H48ClNO. The predicted molar refractivity (Wildman–Crippen MR) is 116 cm³/mol. The SMILES string of the molecule is CCCCCCCCCCCCCCCCCC(C(C)O)N(C)C.Cl. The Bertz CT molecular complexity index is 238. The van der Waals surface area contributed by atoms with Crippen LogP contribution in [0, 0.1) is 0 Å². The molecule has 0 saturated carbocycles. The van der Waals surface area contributed by atoms with Crippen LogP contribution in [0.2, 0.25) is 0 Å². The molecule has 0 aliphatic carbocycles. The molecule has 2 nitrogen and oxygen atoms in total. The van der Waals surface area contributed by atoms with Gasteiger partial charge in [-0.1, -0.05) is 103 Å². The largest absolute Gasteiger partial charge is 0.392 e. The summed E-state index contributed by atoms with van der Waals surface area (Å²) in [7, 11) is 4.14. The van der Waals surface area contributed by atoms with E-state index < -0.39 is 0 Å². The quantitative estimate of drug-likeness (QED) is 0.260. The molecule has 0 saturated heterocycles. The number of rotatable bonds is 18. The number of aliphatic hydroxyl groups excluding tert-OH is 1. The maximum Gasteiger partial charge on any atom is 0.0667 e. The third-order valence-electron chi connectivity index (χ3n) is 5.32. The van der Waals surface area contributed by atoms with Gasteiger partial charge in [-0.2, -0.15) is 0 Å². The highest BCUT2D eigenvalue weighted by Gasteiger charge is 2.16. The third-order valence-corrected chi connectivity index (χ3v) is 5.32. The Morgan fingerprint density at radius 3 is 1.24 bits per heavy atom. The van der Waals surface area contributed by atoms with E-state index in [9.17, 15) is 5.11 Å². The molecule has 0 heterocycles. The average molecular weight is 378 g/mol. The number of hydrogen-bond acceptors (Lipinski definition) is 2. The van der Waals surface area contributed by atoms with E-state index in [-0.39, 0.29) is 18.5 Å². The summed E-state index contributed by atoms with van der Waals surface area (Å²) < 4.78 is 0. The highest BCUT2D eigenvalue weighted by molar-refractivity contribution is 5.85. The molecule has 0 aromatic carbocycles. The molecule has 0 fully saturated rings. The minimum atomic E-state index is -0.216. The van der Waals surface area contributed by atoms with E-state index in [0.29, 0.717) is 6.04 Å². The van der Waals surface area contributed by atoms with Crippen molar-refractivity contribution in [2.24, 2.45) is 0 Å². The molecule has 0 radical (unpaired) electrons. The summed E-state index contributed by atoms with van der Waals surface area (Å²) >= 11 is 0. The first-order valence-corrected chi connectivity index (χ1v) is 10.9. The summed E-state index contributed by atoms with van der Waals surface area (Å²) in [6.07, 6.45) is 22.1. The topological polar surface area (TPSA) is 23.5 Å². The van der Waals surface area contributed by atoms with Gasteiger partial charge in [-0.3, -0.25) is 0 Å². The van der Waals surface area contributed by atoms with E-state index in [4.69, 9.17) is 0 Å². The van der Waals surface area contributed by atoms with E-state index in [1.54, 1.807) is 0 Å². The van der Waals surface area contributed by atoms with Gasteiger partial charge in [0.05, 0.1) is 6.10 Å². The molecule has 2 atom stereocenters. The van der Waals surface area contributed by atoms with Crippen molar-refractivity contribution in [1.82, 2.24) is 4.90 Å². The summed E-state index contributed by atoms with van der Waals surface area (Å²) in [6, 6.07) is 0.326. The maximum atomic E-state index is 9.76. The lowest BCUT2D eigenvalue weighted by Crippen LogP contribution is -2.37. The van der Waals surface area contributed by atoms with Gasteiger partial charge >= 0.3 is 0 Å². The van der Waals surface area contributed by atoms with Crippen LogP contribution in [-0.2, 0) is 0 Å². The fourth-order valence-electron chi connectivity index (χ4n) is 3.66. The highest BCUT2D eigenvalue weighted by Crippen LogP contribution is 2.15. The number of hydrogen-bond donors (Lipinski definition) is 1. The molecule has 25 heavy (non-hydrogen) atoms. The van der Waals surface area contributed by atoms with Crippen LogP contribution in [0.5, 0.6) is 0 Å². The zero-order valence-corrected chi connectivity index (χ0v) is 18.6. The zero-order chi connectivity index (χ0) is 18.0. The Morgan fingerprint density at radius 1 is 0.640 bits per heavy atom. The molecule has 0 aromatic heterocycles. The lowest BCUT2D eigenvalue weighted by molar-refractivity contribution is 0.0834. The molecule has 0 aliphatic rings. The molecule has 0 bridgehead atoms. The van der Waals surface area contributed by atoms with Crippen molar-refractivity contribution in [3.63, 3.8) is 0 Å². The van der Waals surface area contributed by atoms with E-state index in [2.05, 4.69) is 25.9 Å². The smallest absolute Gasteiger partial charge is 0.0667 e. The Hall–Kier alpha value is 0.210. The van der Waals surface area contributed by atoms with E-state index >= 15 is 0 Å². The summed E-state index contributed by atoms with van der Waals surface area (Å²) in [5.41, 5.74) is 0. The van der Waals surface area contributed by atoms with Crippen molar-refractivity contribution in [1.29, 1.82) is 0 Å². The van der Waals surface area contributed by atoms with Gasteiger partial charge in [-0.25, -0.2) is 0 Å². The summed E-state index contributed by atoms with van der Waals surface area (Å²) in [5.74, 6) is 0. The maximum absolute atomic E-state index is 9.76. The second kappa shape index (κ2) is 20.5. The van der Waals surface area contributed by atoms with Crippen LogP contribution in [0.25, 0.3) is 0 Å². The van der Waals surface area contributed by atoms with Gasteiger partial charge in [-0.15, -0.1) is 12.4 Å². The molecule has 154 valence electrons. The van der Waals surface area contributed by atoms with Crippen LogP contribution in [0.3, 0.4) is 0 Å². The first-order valence-electron chi connectivity index (χ1n) is 10.9. The fourth-order valence-corrected chi connectivity index (χ4v) is 3.66. The summed E-state index contributed by atoms with van der Waals surface area (Å²) in [5, 5.41) is 9.76. The average Bonchev–Trinajstić information content (AvgIpc) is 2.53. The van der Waals surface area contributed by atoms with Gasteiger partial charge in [0, 0.05) is 6.04 Å². The number of aliphatic hydroxyl groups is 1. The third kappa shape index (κ3) is 18.8. The lowest BCUT2D eigenvalue weighted by Gasteiger charge is -2.26. The van der Waals surface area contributed by atoms with E-state index in [0.717, 1.165) is 6.42 Å². The highest BCUT2D eigenvalue weighted by atomic mass is 35.5. The second-order valence-corrected chi connectivity index (χ2v) is 8.01. The Kier molecular flexibility index (Phi) is 22.5. The standard InChI is InChI=1S/C22H47NO.ClH/c1-5-6-7-8-9-10-11-12-13-14-15-16-17-18-19-20-22(21(2)24)23(3)4;/h21-22,24H,5-20H2,1-4H3;1H. The van der Waals surface area contributed by atoms with Crippen molar-refractivity contribution in [3.05, 3.63) is 0 Å². The molecule has 0 aliphatic heterocycles. The van der Waals surface area contributed by atoms with Crippen molar-refractivity contribution >= 4 is 12.4 Å². The van der Waals surface area contributed by atoms with E-state index in [1.807, 2.05) is 6.92 Å². The first-order chi connectivity index (χ1) is 11.6. The van der Waals surface area contributed by atoms with Crippen LogP contribution >= 0.6 is 12.4 Å². The molecule has 3 heteroatoms. The minimum Gasteiger partial charge on any atom is -0.392 e. The van der Waals surface area contributed by atoms with Crippen molar-refractivity contribution in [2.75, 3.05) is 14.1 Å². The lowest BCUT2D eigenvalue weighted by atomic mass is 10.0. The van der Waals surface area contributed by atoms with Crippen LogP contribution in [0.15, 0.2) is 0 Å². The Balaban J connectivity index is 0. The molecule has 0 amide bonds. The van der Waals surface area contributed by atoms with Gasteiger partial charge in [0.25, 0.3) is 0 Å². The summed E-state index contributed by atoms with van der Waals surface area (Å²) in [6.45, 7) is 4.20. The molecule has 0 spiro atoms. The normalized spacial score (nSPS) is 13.7. The fraction of sp³-hybridized carbons (Fsp3) is 1.00. The van der Waals surface area contributed by atoms with Crippen LogP contribution in [0.1, 0.15) is 117 Å². The second-order valence-electron chi connectivity index (χ2n) is 8.01. The number of nitrogens with zero attached hydrogens (tertiary/aromatic N) is 1. The van der Waals surface area contributed by atoms with Gasteiger partial charge in [0.2, 0.25) is 0 Å².